The van der Waals surface area contributed by atoms with Crippen molar-refractivity contribution in [2.45, 2.75) is 65.0 Å². The molecule has 170 valence electrons. The fourth-order valence-corrected chi connectivity index (χ4v) is 2.11. The van der Waals surface area contributed by atoms with Crippen molar-refractivity contribution in [2.75, 3.05) is 6.54 Å². The first-order valence-electron chi connectivity index (χ1n) is 9.09. The van der Waals surface area contributed by atoms with Gasteiger partial charge in [-0.1, -0.05) is 0 Å². The number of amides is 2. The topological polar surface area (TPSA) is 177 Å². The van der Waals surface area contributed by atoms with E-state index in [1.165, 1.54) is 6.07 Å². The summed E-state index contributed by atoms with van der Waals surface area (Å²) in [5, 5.41) is 25.1. The molecule has 5 N–H and O–H groups in total. The number of nitrogens with zero attached hydrogens (tertiary/aromatic N) is 1. The maximum absolute atomic E-state index is 12.1. The third-order valence-electron chi connectivity index (χ3n) is 3.71. The lowest BCUT2D eigenvalue weighted by Gasteiger charge is -2.34. The third kappa shape index (κ3) is 8.32. The summed E-state index contributed by atoms with van der Waals surface area (Å²) in [5.74, 6) is -1.49. The minimum Gasteiger partial charge on any atom is -0.444 e. The van der Waals surface area contributed by atoms with Crippen molar-refractivity contribution in [3.05, 3.63) is 28.0 Å². The summed E-state index contributed by atoms with van der Waals surface area (Å²) < 4.78 is 9.95. The molecule has 0 aliphatic rings. The van der Waals surface area contributed by atoms with Crippen molar-refractivity contribution >= 4 is 17.9 Å². The van der Waals surface area contributed by atoms with Gasteiger partial charge in [-0.3, -0.25) is 25.1 Å². The molecule has 2 unspecified atom stereocenters. The van der Waals surface area contributed by atoms with E-state index in [2.05, 4.69) is 21.6 Å². The normalized spacial score (nSPS) is 14.0. The van der Waals surface area contributed by atoms with Crippen LogP contribution in [-0.2, 0) is 9.57 Å². The zero-order valence-electron chi connectivity index (χ0n) is 17.8. The Morgan fingerprint density at radius 1 is 1.27 bits per heavy atom. The summed E-state index contributed by atoms with van der Waals surface area (Å²) >= 11 is 0. The van der Waals surface area contributed by atoms with Crippen molar-refractivity contribution in [2.24, 2.45) is 0 Å². The van der Waals surface area contributed by atoms with Crippen LogP contribution in [0.5, 0.6) is 0 Å². The molecule has 0 aliphatic carbocycles. The Hall–Kier alpha value is -2.74. The first-order chi connectivity index (χ1) is 13.7. The van der Waals surface area contributed by atoms with Gasteiger partial charge in [-0.25, -0.2) is 4.79 Å². The second kappa shape index (κ2) is 10.3. The lowest BCUT2D eigenvalue weighted by Crippen LogP contribution is -2.60. The maximum Gasteiger partial charge on any atom is 0.433 e. The summed E-state index contributed by atoms with van der Waals surface area (Å²) in [6.07, 6.45) is -1.43. The Kier molecular flexibility index (Phi) is 8.72. The fraction of sp³-hybridized carbons (Fsp3) is 0.647. The molecule has 1 aromatic rings. The van der Waals surface area contributed by atoms with Crippen molar-refractivity contribution in [1.29, 1.82) is 0 Å². The quantitative estimate of drug-likeness (QED) is 0.207. The second-order valence-electron chi connectivity index (χ2n) is 8.02. The number of carbonyl (C=O) groups is 2. The lowest BCUT2D eigenvalue weighted by atomic mass is 9.96. The van der Waals surface area contributed by atoms with Crippen molar-refractivity contribution < 1.29 is 33.7 Å². The van der Waals surface area contributed by atoms with E-state index < -0.39 is 46.2 Å². The van der Waals surface area contributed by atoms with Crippen molar-refractivity contribution in [3.8, 4) is 0 Å². The molecule has 1 aromatic heterocycles. The molecule has 0 spiro atoms. The van der Waals surface area contributed by atoms with Crippen LogP contribution in [0, 0.1) is 10.1 Å². The van der Waals surface area contributed by atoms with E-state index in [-0.39, 0.29) is 12.3 Å². The Bertz CT molecular complexity index is 743. The minimum absolute atomic E-state index is 0.0823. The van der Waals surface area contributed by atoms with Gasteiger partial charge < -0.3 is 19.7 Å². The van der Waals surface area contributed by atoms with Crippen LogP contribution < -0.4 is 21.6 Å². The van der Waals surface area contributed by atoms with Gasteiger partial charge >= 0.3 is 12.0 Å². The largest absolute Gasteiger partial charge is 0.444 e. The smallest absolute Gasteiger partial charge is 0.433 e. The summed E-state index contributed by atoms with van der Waals surface area (Å²) in [6.45, 7) is 10.0. The highest BCUT2D eigenvalue weighted by atomic mass is 16.7. The average Bonchev–Trinajstić information content (AvgIpc) is 3.09. The molecular weight excluding hydrogens is 402 g/mol. The molecule has 0 radical (unpaired) electrons. The Morgan fingerprint density at radius 3 is 2.40 bits per heavy atom. The van der Waals surface area contributed by atoms with E-state index in [4.69, 9.17) is 14.0 Å². The van der Waals surface area contributed by atoms with Gasteiger partial charge in [0.15, 0.2) is 12.0 Å². The number of ether oxygens (including phenoxy) is 1. The van der Waals surface area contributed by atoms with Gasteiger partial charge in [0, 0.05) is 6.54 Å². The number of nitrogens with one attached hydrogen (secondary N) is 4. The SMILES string of the molecule is CC(NC(=O)OC(C)(C)C)ONC(C)(C)C(CNC(=O)c1ccc([N+](=O)[O-])o1)NO. The van der Waals surface area contributed by atoms with E-state index >= 15 is 0 Å². The van der Waals surface area contributed by atoms with Crippen LogP contribution in [0.1, 0.15) is 52.1 Å². The number of furan rings is 1. The van der Waals surface area contributed by atoms with E-state index in [9.17, 15) is 24.9 Å². The molecule has 0 aromatic carbocycles. The molecule has 0 saturated carbocycles. The van der Waals surface area contributed by atoms with E-state index in [0.29, 0.717) is 0 Å². The highest BCUT2D eigenvalue weighted by molar-refractivity contribution is 5.91. The van der Waals surface area contributed by atoms with Crippen molar-refractivity contribution in [1.82, 2.24) is 21.6 Å². The molecule has 2 atom stereocenters. The minimum atomic E-state index is -0.930. The van der Waals surface area contributed by atoms with Crippen molar-refractivity contribution in [3.63, 3.8) is 0 Å². The highest BCUT2D eigenvalue weighted by Crippen LogP contribution is 2.16. The monoisotopic (exact) mass is 431 g/mol. The first-order valence-corrected chi connectivity index (χ1v) is 9.09. The molecule has 1 heterocycles. The second-order valence-corrected chi connectivity index (χ2v) is 8.02. The van der Waals surface area contributed by atoms with Gasteiger partial charge in [0.05, 0.1) is 17.6 Å². The molecule has 30 heavy (non-hydrogen) atoms. The molecule has 0 aliphatic heterocycles. The molecule has 13 heteroatoms. The van der Waals surface area contributed by atoms with E-state index in [1.54, 1.807) is 41.5 Å². The fourth-order valence-electron chi connectivity index (χ4n) is 2.11. The molecule has 0 saturated heterocycles. The number of hydrogen-bond acceptors (Lipinski definition) is 10. The molecular formula is C17H29N5O8. The number of hydroxylamine groups is 2. The standard InChI is InChI=1S/C17H29N5O8/c1-10(19-15(24)29-16(2,3)4)30-21-17(5,6)12(20-25)9-18-14(23)11-7-8-13(28-11)22(26)27/h7-8,10,12,20-21,25H,9H2,1-6H3,(H,18,23)(H,19,24). The zero-order chi connectivity index (χ0) is 23.1. The van der Waals surface area contributed by atoms with Crippen LogP contribution in [0.15, 0.2) is 16.5 Å². The maximum atomic E-state index is 12.1. The van der Waals surface area contributed by atoms with Gasteiger partial charge in [0.2, 0.25) is 0 Å². The number of alkyl carbamates (subject to hydrolysis) is 1. The predicted molar refractivity (Wildman–Crippen MR) is 104 cm³/mol. The van der Waals surface area contributed by atoms with Crippen LogP contribution in [0.3, 0.4) is 0 Å². The molecule has 0 bridgehead atoms. The number of rotatable bonds is 10. The number of nitro groups is 1. The van der Waals surface area contributed by atoms with E-state index in [0.717, 1.165) is 6.07 Å². The number of carbonyl (C=O) groups excluding carboxylic acids is 2. The average molecular weight is 431 g/mol. The summed E-state index contributed by atoms with van der Waals surface area (Å²) in [6, 6.07) is 1.49. The van der Waals surface area contributed by atoms with Crippen LogP contribution >= 0.6 is 0 Å². The summed E-state index contributed by atoms with van der Waals surface area (Å²) in [7, 11) is 0. The molecule has 1 rings (SSSR count). The Labute approximate surface area is 173 Å². The van der Waals surface area contributed by atoms with Gasteiger partial charge in [0.1, 0.15) is 10.5 Å². The third-order valence-corrected chi connectivity index (χ3v) is 3.71. The summed E-state index contributed by atoms with van der Waals surface area (Å²) in [4.78, 5) is 39.1. The Morgan fingerprint density at radius 2 is 1.90 bits per heavy atom. The summed E-state index contributed by atoms with van der Waals surface area (Å²) in [5.41, 5.74) is 3.18. The Balaban J connectivity index is 2.56. The van der Waals surface area contributed by atoms with Gasteiger partial charge in [-0.2, -0.15) is 11.0 Å². The first kappa shape index (κ1) is 25.3. The van der Waals surface area contributed by atoms with Gasteiger partial charge in [-0.05, 0) is 47.6 Å². The van der Waals surface area contributed by atoms with Crippen LogP contribution in [-0.4, -0.2) is 52.1 Å². The van der Waals surface area contributed by atoms with Crippen LogP contribution in [0.25, 0.3) is 0 Å². The van der Waals surface area contributed by atoms with E-state index in [1.807, 2.05) is 0 Å². The molecule has 0 fully saturated rings. The predicted octanol–water partition coefficient (Wildman–Crippen LogP) is 1.44. The van der Waals surface area contributed by atoms with Gasteiger partial charge in [0.25, 0.3) is 5.91 Å². The lowest BCUT2D eigenvalue weighted by molar-refractivity contribution is -0.402. The highest BCUT2D eigenvalue weighted by Gasteiger charge is 2.31. The van der Waals surface area contributed by atoms with Crippen LogP contribution in [0.2, 0.25) is 0 Å². The van der Waals surface area contributed by atoms with Gasteiger partial charge in [-0.15, -0.1) is 0 Å². The molecule has 2 amide bonds. The van der Waals surface area contributed by atoms with Crippen LogP contribution in [0.4, 0.5) is 10.7 Å². The zero-order valence-corrected chi connectivity index (χ0v) is 17.8. The molecule has 13 nitrogen and oxygen atoms in total. The number of hydrogen-bond donors (Lipinski definition) is 5.